The number of halogens is 1. The van der Waals surface area contributed by atoms with Crippen molar-refractivity contribution in [3.8, 4) is 0 Å². The zero-order valence-corrected chi connectivity index (χ0v) is 13.4. The predicted molar refractivity (Wildman–Crippen MR) is 85.2 cm³/mol. The van der Waals surface area contributed by atoms with Gasteiger partial charge in [0.1, 0.15) is 0 Å². The summed E-state index contributed by atoms with van der Waals surface area (Å²) in [7, 11) is 0. The normalized spacial score (nSPS) is 15.7. The Bertz CT molecular complexity index is 444. The number of anilines is 2. The molecule has 4 nitrogen and oxygen atoms in total. The summed E-state index contributed by atoms with van der Waals surface area (Å²) in [6.45, 7) is 8.06. The first-order valence-electron chi connectivity index (χ1n) is 8.14. The highest BCUT2D eigenvalue weighted by molar-refractivity contribution is 5.45. The van der Waals surface area contributed by atoms with Gasteiger partial charge >= 0.3 is 0 Å². The maximum Gasteiger partial charge on any atom is 0.224 e. The van der Waals surface area contributed by atoms with E-state index < -0.39 is 0 Å². The van der Waals surface area contributed by atoms with Gasteiger partial charge in [-0.1, -0.05) is 33.6 Å². The molecule has 1 aromatic rings. The molecule has 0 bridgehead atoms. The van der Waals surface area contributed by atoms with E-state index in [9.17, 15) is 4.39 Å². The molecule has 0 aromatic carbocycles. The van der Waals surface area contributed by atoms with Crippen LogP contribution in [0.2, 0.25) is 0 Å². The van der Waals surface area contributed by atoms with Gasteiger partial charge in [0.05, 0.1) is 6.20 Å². The summed E-state index contributed by atoms with van der Waals surface area (Å²) in [6.07, 6.45) is 7.01. The van der Waals surface area contributed by atoms with Crippen LogP contribution in [0.3, 0.4) is 0 Å². The summed E-state index contributed by atoms with van der Waals surface area (Å²) >= 11 is 0. The lowest BCUT2D eigenvalue weighted by atomic mass is 10.1. The lowest BCUT2D eigenvalue weighted by molar-refractivity contribution is 0.512. The van der Waals surface area contributed by atoms with Gasteiger partial charge in [0.15, 0.2) is 11.6 Å². The first kappa shape index (κ1) is 16.0. The average Bonchev–Trinajstić information content (AvgIpc) is 2.98. The van der Waals surface area contributed by atoms with E-state index in [0.717, 1.165) is 32.4 Å². The van der Waals surface area contributed by atoms with Crippen LogP contribution in [0.25, 0.3) is 0 Å². The van der Waals surface area contributed by atoms with Gasteiger partial charge in [0.25, 0.3) is 0 Å². The highest BCUT2D eigenvalue weighted by Crippen LogP contribution is 2.29. The number of rotatable bonds is 7. The first-order valence-corrected chi connectivity index (χ1v) is 8.14. The van der Waals surface area contributed by atoms with Crippen molar-refractivity contribution in [2.75, 3.05) is 23.3 Å². The van der Waals surface area contributed by atoms with E-state index >= 15 is 0 Å². The van der Waals surface area contributed by atoms with E-state index in [4.69, 9.17) is 0 Å². The highest BCUT2D eigenvalue weighted by atomic mass is 19.1. The van der Waals surface area contributed by atoms with Crippen molar-refractivity contribution in [1.29, 1.82) is 0 Å². The van der Waals surface area contributed by atoms with Crippen molar-refractivity contribution in [1.82, 2.24) is 9.97 Å². The van der Waals surface area contributed by atoms with Gasteiger partial charge in [-0.3, -0.25) is 0 Å². The van der Waals surface area contributed by atoms with Crippen LogP contribution >= 0.6 is 0 Å². The number of nitrogens with one attached hydrogen (secondary N) is 1. The van der Waals surface area contributed by atoms with Crippen LogP contribution in [0.1, 0.15) is 52.9 Å². The third-order valence-electron chi connectivity index (χ3n) is 3.86. The van der Waals surface area contributed by atoms with Crippen LogP contribution in [0.15, 0.2) is 6.20 Å². The standard InChI is InChI=1S/C16H27FN4/c1-4-9-18-16-19-10-14(17)15(20-16)21(11-12(2)3)13-7-5-6-8-13/h10,12-13H,4-9,11H2,1-3H3,(H,18,19,20). The molecule has 0 atom stereocenters. The third kappa shape index (κ3) is 4.29. The Kier molecular flexibility index (Phi) is 5.76. The highest BCUT2D eigenvalue weighted by Gasteiger charge is 2.26. The van der Waals surface area contributed by atoms with Crippen LogP contribution < -0.4 is 10.2 Å². The smallest absolute Gasteiger partial charge is 0.224 e. The second-order valence-electron chi connectivity index (χ2n) is 6.28. The fraction of sp³-hybridized carbons (Fsp3) is 0.750. The molecule has 0 amide bonds. The van der Waals surface area contributed by atoms with E-state index in [-0.39, 0.29) is 5.82 Å². The maximum absolute atomic E-state index is 14.3. The molecular formula is C16H27FN4. The second-order valence-corrected chi connectivity index (χ2v) is 6.28. The van der Waals surface area contributed by atoms with Gasteiger partial charge in [-0.05, 0) is 25.2 Å². The Labute approximate surface area is 127 Å². The minimum Gasteiger partial charge on any atom is -0.354 e. The predicted octanol–water partition coefficient (Wildman–Crippen LogP) is 3.84. The first-order chi connectivity index (χ1) is 10.1. The van der Waals surface area contributed by atoms with Gasteiger partial charge in [-0.15, -0.1) is 0 Å². The maximum atomic E-state index is 14.3. The SMILES string of the molecule is CCCNc1ncc(F)c(N(CC(C)C)C2CCCC2)n1. The molecule has 1 fully saturated rings. The van der Waals surface area contributed by atoms with Crippen LogP contribution in [-0.2, 0) is 0 Å². The average molecular weight is 294 g/mol. The molecule has 118 valence electrons. The summed E-state index contributed by atoms with van der Waals surface area (Å²) in [5, 5.41) is 3.15. The van der Waals surface area contributed by atoms with Crippen molar-refractivity contribution in [2.45, 2.75) is 58.9 Å². The minimum absolute atomic E-state index is 0.315. The third-order valence-corrected chi connectivity index (χ3v) is 3.86. The Morgan fingerprint density at radius 3 is 2.71 bits per heavy atom. The van der Waals surface area contributed by atoms with E-state index in [1.807, 2.05) is 0 Å². The molecule has 0 spiro atoms. The molecule has 1 saturated carbocycles. The number of aromatic nitrogens is 2. The van der Waals surface area contributed by atoms with Crippen LogP contribution in [0.5, 0.6) is 0 Å². The number of hydrogen-bond acceptors (Lipinski definition) is 4. The van der Waals surface area contributed by atoms with E-state index in [1.54, 1.807) is 0 Å². The van der Waals surface area contributed by atoms with Crippen LogP contribution in [-0.4, -0.2) is 29.1 Å². The summed E-state index contributed by atoms with van der Waals surface area (Å²) in [4.78, 5) is 10.6. The second kappa shape index (κ2) is 7.57. The van der Waals surface area contributed by atoms with Gasteiger partial charge in [-0.25, -0.2) is 9.37 Å². The van der Waals surface area contributed by atoms with Gasteiger partial charge in [0, 0.05) is 19.1 Å². The zero-order chi connectivity index (χ0) is 15.2. The van der Waals surface area contributed by atoms with Crippen LogP contribution in [0.4, 0.5) is 16.2 Å². The van der Waals surface area contributed by atoms with Crippen molar-refractivity contribution >= 4 is 11.8 Å². The fourth-order valence-corrected chi connectivity index (χ4v) is 2.90. The molecule has 0 aliphatic heterocycles. The minimum atomic E-state index is -0.315. The lowest BCUT2D eigenvalue weighted by Crippen LogP contribution is -2.37. The van der Waals surface area contributed by atoms with E-state index in [0.29, 0.717) is 23.7 Å². The van der Waals surface area contributed by atoms with Gasteiger partial charge in [0.2, 0.25) is 5.95 Å². The molecule has 1 aliphatic rings. The Morgan fingerprint density at radius 1 is 1.38 bits per heavy atom. The monoisotopic (exact) mass is 294 g/mol. The van der Waals surface area contributed by atoms with Gasteiger partial charge < -0.3 is 10.2 Å². The Morgan fingerprint density at radius 2 is 2.10 bits per heavy atom. The zero-order valence-electron chi connectivity index (χ0n) is 13.4. The van der Waals surface area contributed by atoms with E-state index in [2.05, 4.69) is 41.0 Å². The van der Waals surface area contributed by atoms with E-state index in [1.165, 1.54) is 19.0 Å². The summed E-state index contributed by atoms with van der Waals surface area (Å²) < 4.78 is 14.3. The summed E-state index contributed by atoms with van der Waals surface area (Å²) in [5.74, 6) is 1.15. The van der Waals surface area contributed by atoms with Crippen molar-refractivity contribution in [3.63, 3.8) is 0 Å². The molecule has 2 rings (SSSR count). The Hall–Kier alpha value is -1.39. The summed E-state index contributed by atoms with van der Waals surface area (Å²) in [6, 6.07) is 0.413. The number of nitrogens with zero attached hydrogens (tertiary/aromatic N) is 3. The molecule has 1 aromatic heterocycles. The molecule has 0 saturated heterocycles. The Balaban J connectivity index is 2.24. The quantitative estimate of drug-likeness (QED) is 0.829. The molecule has 1 heterocycles. The van der Waals surface area contributed by atoms with Crippen molar-refractivity contribution in [2.24, 2.45) is 5.92 Å². The fourth-order valence-electron chi connectivity index (χ4n) is 2.90. The topological polar surface area (TPSA) is 41.1 Å². The lowest BCUT2D eigenvalue weighted by Gasteiger charge is -2.32. The molecule has 1 N–H and O–H groups in total. The molecule has 0 radical (unpaired) electrons. The van der Waals surface area contributed by atoms with Crippen LogP contribution in [0, 0.1) is 11.7 Å². The molecular weight excluding hydrogens is 267 g/mol. The molecule has 0 unspecified atom stereocenters. The van der Waals surface area contributed by atoms with Gasteiger partial charge in [-0.2, -0.15) is 4.98 Å². The molecule has 21 heavy (non-hydrogen) atoms. The largest absolute Gasteiger partial charge is 0.354 e. The van der Waals surface area contributed by atoms with Crippen molar-refractivity contribution < 1.29 is 4.39 Å². The molecule has 5 heteroatoms. The molecule has 1 aliphatic carbocycles. The van der Waals surface area contributed by atoms with Crippen molar-refractivity contribution in [3.05, 3.63) is 12.0 Å². The summed E-state index contributed by atoms with van der Waals surface area (Å²) in [5.41, 5.74) is 0. The number of hydrogen-bond donors (Lipinski definition) is 1.